The molecule has 0 radical (unpaired) electrons. The first-order valence-electron chi connectivity index (χ1n) is 5.52. The number of fused-ring (bicyclic) bond motifs is 2. The first-order valence-corrected chi connectivity index (χ1v) is 7.06. The molecule has 3 aliphatic rings. The Bertz CT molecular complexity index is 609. The van der Waals surface area contributed by atoms with Crippen LogP contribution in [0.3, 0.4) is 0 Å². The monoisotopic (exact) mass is 251 g/mol. The maximum Gasteiger partial charge on any atom is 0.240 e. The molecule has 6 heteroatoms. The Morgan fingerprint density at radius 2 is 2.18 bits per heavy atom. The van der Waals surface area contributed by atoms with Crippen molar-refractivity contribution in [3.8, 4) is 0 Å². The van der Waals surface area contributed by atoms with E-state index in [9.17, 15) is 8.42 Å². The van der Waals surface area contributed by atoms with Crippen LogP contribution in [-0.2, 0) is 10.0 Å². The number of primary sulfonamides is 1. The van der Waals surface area contributed by atoms with Crippen LogP contribution in [0, 0.1) is 0 Å². The van der Waals surface area contributed by atoms with Crippen LogP contribution in [-0.4, -0.2) is 27.2 Å². The standard InChI is InChI=1S/C11H13N3O2S/c12-17(15,16)10-3-1-2-7-8-6-13-5-4-9(8)14-11(7)10/h1,3,13H,2,4-6H2,(H2,12,15,16). The summed E-state index contributed by atoms with van der Waals surface area (Å²) >= 11 is 0. The van der Waals surface area contributed by atoms with Crippen molar-refractivity contribution in [2.75, 3.05) is 13.1 Å². The molecular formula is C11H13N3O2S. The van der Waals surface area contributed by atoms with Crippen molar-refractivity contribution in [3.05, 3.63) is 33.9 Å². The molecule has 1 saturated heterocycles. The van der Waals surface area contributed by atoms with Crippen molar-refractivity contribution < 1.29 is 8.42 Å². The minimum atomic E-state index is -3.69. The van der Waals surface area contributed by atoms with E-state index in [0.717, 1.165) is 42.8 Å². The number of rotatable bonds is 1. The van der Waals surface area contributed by atoms with Crippen LogP contribution in [0.15, 0.2) is 38.9 Å². The Kier molecular flexibility index (Phi) is 2.32. The summed E-state index contributed by atoms with van der Waals surface area (Å²) < 4.78 is 23.0. The Balaban J connectivity index is 2.22. The summed E-state index contributed by atoms with van der Waals surface area (Å²) in [4.78, 5) is 4.60. The molecule has 0 saturated carbocycles. The molecule has 90 valence electrons. The third-order valence-electron chi connectivity index (χ3n) is 3.22. The maximum absolute atomic E-state index is 11.5. The normalized spacial score (nSPS) is 23.7. The number of piperidine rings is 1. The molecule has 1 aliphatic carbocycles. The zero-order valence-electron chi connectivity index (χ0n) is 9.23. The van der Waals surface area contributed by atoms with Crippen LogP contribution >= 0.6 is 0 Å². The van der Waals surface area contributed by atoms with Gasteiger partial charge in [-0.15, -0.1) is 0 Å². The molecule has 1 fully saturated rings. The number of aliphatic imine (C=N–C) groups is 1. The number of nitrogens with zero attached hydrogens (tertiary/aromatic N) is 1. The Hall–Kier alpha value is -1.24. The summed E-state index contributed by atoms with van der Waals surface area (Å²) in [5.41, 5.74) is 3.73. The molecule has 0 spiro atoms. The second kappa shape index (κ2) is 3.63. The van der Waals surface area contributed by atoms with Gasteiger partial charge in [-0.1, -0.05) is 6.08 Å². The summed E-state index contributed by atoms with van der Waals surface area (Å²) in [6.07, 6.45) is 4.97. The lowest BCUT2D eigenvalue weighted by atomic mass is 9.96. The molecule has 3 rings (SSSR count). The molecule has 0 unspecified atom stereocenters. The zero-order chi connectivity index (χ0) is 12.0. The molecule has 17 heavy (non-hydrogen) atoms. The van der Waals surface area contributed by atoms with Gasteiger partial charge in [0.1, 0.15) is 4.91 Å². The second-order valence-electron chi connectivity index (χ2n) is 4.31. The smallest absolute Gasteiger partial charge is 0.240 e. The molecule has 0 aromatic carbocycles. The minimum absolute atomic E-state index is 0.146. The fourth-order valence-corrected chi connectivity index (χ4v) is 3.16. The average Bonchev–Trinajstić information content (AvgIpc) is 2.65. The molecule has 0 bridgehead atoms. The van der Waals surface area contributed by atoms with Gasteiger partial charge in [-0.2, -0.15) is 0 Å². The highest BCUT2D eigenvalue weighted by atomic mass is 32.2. The quantitative estimate of drug-likeness (QED) is 0.697. The SMILES string of the molecule is NS(=O)(=O)C1=C2N=C3CCNCC3=C2CC=C1. The number of allylic oxidation sites excluding steroid dienone is 3. The van der Waals surface area contributed by atoms with Crippen molar-refractivity contribution in [1.82, 2.24) is 5.32 Å². The van der Waals surface area contributed by atoms with Gasteiger partial charge in [-0.25, -0.2) is 13.6 Å². The van der Waals surface area contributed by atoms with E-state index >= 15 is 0 Å². The number of sulfonamides is 1. The second-order valence-corrected chi connectivity index (χ2v) is 5.84. The van der Waals surface area contributed by atoms with E-state index in [2.05, 4.69) is 10.3 Å². The van der Waals surface area contributed by atoms with E-state index in [0.29, 0.717) is 5.70 Å². The van der Waals surface area contributed by atoms with Gasteiger partial charge >= 0.3 is 0 Å². The van der Waals surface area contributed by atoms with Crippen molar-refractivity contribution in [3.63, 3.8) is 0 Å². The molecule has 0 aromatic heterocycles. The predicted molar refractivity (Wildman–Crippen MR) is 65.8 cm³/mol. The van der Waals surface area contributed by atoms with E-state index < -0.39 is 10.0 Å². The van der Waals surface area contributed by atoms with Crippen LogP contribution < -0.4 is 10.5 Å². The van der Waals surface area contributed by atoms with Gasteiger partial charge in [0, 0.05) is 25.2 Å². The van der Waals surface area contributed by atoms with Crippen molar-refractivity contribution in [1.29, 1.82) is 0 Å². The maximum atomic E-state index is 11.5. The first kappa shape index (κ1) is 10.9. The molecule has 5 nitrogen and oxygen atoms in total. The highest BCUT2D eigenvalue weighted by Crippen LogP contribution is 2.36. The van der Waals surface area contributed by atoms with Gasteiger partial charge in [0.25, 0.3) is 0 Å². The van der Waals surface area contributed by atoms with Crippen molar-refractivity contribution >= 4 is 15.7 Å². The lowest BCUT2D eigenvalue weighted by Gasteiger charge is -2.16. The highest BCUT2D eigenvalue weighted by Gasteiger charge is 2.30. The van der Waals surface area contributed by atoms with E-state index in [-0.39, 0.29) is 4.91 Å². The molecule has 0 aromatic rings. The summed E-state index contributed by atoms with van der Waals surface area (Å²) in [5.74, 6) is 0. The molecule has 2 aliphatic heterocycles. The summed E-state index contributed by atoms with van der Waals surface area (Å²) in [5, 5.41) is 8.49. The Morgan fingerprint density at radius 1 is 1.35 bits per heavy atom. The van der Waals surface area contributed by atoms with Gasteiger partial charge in [-0.3, -0.25) is 4.99 Å². The van der Waals surface area contributed by atoms with Crippen LogP contribution in [0.2, 0.25) is 0 Å². The summed E-state index contributed by atoms with van der Waals surface area (Å²) in [6.45, 7) is 1.66. The van der Waals surface area contributed by atoms with Gasteiger partial charge in [0.05, 0.1) is 5.70 Å². The van der Waals surface area contributed by atoms with Crippen LogP contribution in [0.5, 0.6) is 0 Å². The van der Waals surface area contributed by atoms with Gasteiger partial charge in [0.15, 0.2) is 0 Å². The highest BCUT2D eigenvalue weighted by molar-refractivity contribution is 7.93. The minimum Gasteiger partial charge on any atom is -0.312 e. The van der Waals surface area contributed by atoms with Gasteiger partial charge < -0.3 is 5.32 Å². The fourth-order valence-electron chi connectivity index (χ4n) is 2.44. The van der Waals surface area contributed by atoms with Crippen molar-refractivity contribution in [2.45, 2.75) is 12.8 Å². The van der Waals surface area contributed by atoms with E-state index in [4.69, 9.17) is 5.14 Å². The molecular weight excluding hydrogens is 238 g/mol. The van der Waals surface area contributed by atoms with E-state index in [1.807, 2.05) is 6.08 Å². The molecule has 3 N–H and O–H groups in total. The number of hydrogen-bond acceptors (Lipinski definition) is 4. The lowest BCUT2D eigenvalue weighted by Crippen LogP contribution is -2.29. The van der Waals surface area contributed by atoms with E-state index in [1.54, 1.807) is 6.08 Å². The zero-order valence-corrected chi connectivity index (χ0v) is 10.0. The van der Waals surface area contributed by atoms with Gasteiger partial charge in [-0.05, 0) is 23.6 Å². The third kappa shape index (κ3) is 1.69. The topological polar surface area (TPSA) is 84.6 Å². The molecule has 0 amide bonds. The number of nitrogens with two attached hydrogens (primary N) is 1. The summed E-state index contributed by atoms with van der Waals surface area (Å²) in [6, 6.07) is 0. The predicted octanol–water partition coefficient (Wildman–Crippen LogP) is 0.191. The average molecular weight is 251 g/mol. The number of hydrogen-bond donors (Lipinski definition) is 2. The molecule has 0 atom stereocenters. The van der Waals surface area contributed by atoms with Gasteiger partial charge in [0.2, 0.25) is 10.0 Å². The Labute approximate surface area is 99.8 Å². The van der Waals surface area contributed by atoms with E-state index in [1.165, 1.54) is 0 Å². The number of nitrogens with one attached hydrogen (secondary N) is 1. The van der Waals surface area contributed by atoms with Crippen molar-refractivity contribution in [2.24, 2.45) is 10.1 Å². The molecule has 2 heterocycles. The Morgan fingerprint density at radius 3 is 2.94 bits per heavy atom. The first-order chi connectivity index (χ1) is 8.07. The van der Waals surface area contributed by atoms with Crippen LogP contribution in [0.1, 0.15) is 12.8 Å². The van der Waals surface area contributed by atoms with Crippen LogP contribution in [0.25, 0.3) is 0 Å². The fraction of sp³-hybridized carbons (Fsp3) is 0.364. The largest absolute Gasteiger partial charge is 0.312 e. The third-order valence-corrected chi connectivity index (χ3v) is 4.16. The lowest BCUT2D eigenvalue weighted by molar-refractivity contribution is 0.604. The summed E-state index contributed by atoms with van der Waals surface area (Å²) in [7, 11) is -3.69. The van der Waals surface area contributed by atoms with Crippen LogP contribution in [0.4, 0.5) is 0 Å².